The van der Waals surface area contributed by atoms with Crippen molar-refractivity contribution in [1.82, 2.24) is 10.6 Å². The summed E-state index contributed by atoms with van der Waals surface area (Å²) in [5.41, 5.74) is 2.18. The number of unbranched alkanes of at least 4 members (excludes halogenated alkanes) is 1. The molecule has 3 N–H and O–H groups in total. The van der Waals surface area contributed by atoms with Gasteiger partial charge in [0.25, 0.3) is 0 Å². The van der Waals surface area contributed by atoms with E-state index < -0.39 is 6.10 Å². The highest BCUT2D eigenvalue weighted by molar-refractivity contribution is 7.98. The highest BCUT2D eigenvalue weighted by atomic mass is 32.2. The van der Waals surface area contributed by atoms with E-state index in [9.17, 15) is 9.90 Å². The minimum Gasteiger partial charge on any atom is -0.497 e. The van der Waals surface area contributed by atoms with Crippen LogP contribution < -0.4 is 15.4 Å². The zero-order valence-corrected chi connectivity index (χ0v) is 18.8. The van der Waals surface area contributed by atoms with Gasteiger partial charge < -0.3 is 20.5 Å². The number of aliphatic hydroxyl groups is 1. The lowest BCUT2D eigenvalue weighted by Gasteiger charge is -2.25. The molecule has 0 aromatic heterocycles. The number of nitrogens with one attached hydrogen (secondary N) is 2. The van der Waals surface area contributed by atoms with Gasteiger partial charge >= 0.3 is 0 Å². The molecule has 5 nitrogen and oxygen atoms in total. The molecule has 2 aromatic carbocycles. The van der Waals surface area contributed by atoms with Crippen molar-refractivity contribution in [2.45, 2.75) is 44.4 Å². The molecule has 6 heteroatoms. The van der Waals surface area contributed by atoms with Crippen molar-refractivity contribution in [2.24, 2.45) is 0 Å². The van der Waals surface area contributed by atoms with E-state index in [1.807, 2.05) is 54.6 Å². The number of ether oxygens (including phenoxy) is 1. The number of hydrogen-bond donors (Lipinski definition) is 3. The van der Waals surface area contributed by atoms with Crippen LogP contribution in [0.25, 0.3) is 0 Å². The van der Waals surface area contributed by atoms with Gasteiger partial charge in [0.05, 0.1) is 19.3 Å². The molecule has 0 heterocycles. The minimum atomic E-state index is -0.689. The molecule has 0 fully saturated rings. The van der Waals surface area contributed by atoms with Crippen LogP contribution in [0, 0.1) is 0 Å². The van der Waals surface area contributed by atoms with E-state index in [0.29, 0.717) is 25.9 Å². The Morgan fingerprint density at radius 2 is 1.87 bits per heavy atom. The number of benzene rings is 2. The zero-order chi connectivity index (χ0) is 21.6. The lowest BCUT2D eigenvalue weighted by Crippen LogP contribution is -2.48. The van der Waals surface area contributed by atoms with E-state index in [1.54, 1.807) is 18.9 Å². The second-order valence-corrected chi connectivity index (χ2v) is 8.35. The molecule has 0 aliphatic carbocycles. The molecule has 0 radical (unpaired) electrons. The molecule has 0 unspecified atom stereocenters. The number of amides is 1. The monoisotopic (exact) mass is 430 g/mol. The molecule has 0 bridgehead atoms. The molecule has 2 rings (SSSR count). The molecule has 0 saturated heterocycles. The van der Waals surface area contributed by atoms with Gasteiger partial charge in [-0.05, 0) is 54.5 Å². The molecule has 0 saturated carbocycles. The number of methoxy groups -OCH3 is 1. The summed E-state index contributed by atoms with van der Waals surface area (Å²) in [6.45, 7) is 1.01. The number of carbonyl (C=O) groups excluding carboxylic acids is 1. The standard InChI is InChI=1S/C24H34N2O3S/c1-29-21-12-8-11-20(15-21)17-25-18-23(27)22(16-19-9-4-3-5-10-19)26-24(28)13-6-7-14-30-2/h3-5,8-12,15,22-23,25,27H,6-7,13-14,16-18H2,1-2H3,(H,26,28)/t22-,23-/m0/s1. The first-order valence-corrected chi connectivity index (χ1v) is 11.9. The van der Waals surface area contributed by atoms with E-state index in [2.05, 4.69) is 16.9 Å². The van der Waals surface area contributed by atoms with Gasteiger partial charge in [0, 0.05) is 19.5 Å². The van der Waals surface area contributed by atoms with Gasteiger partial charge in [-0.25, -0.2) is 0 Å². The highest BCUT2D eigenvalue weighted by Gasteiger charge is 2.21. The molecule has 164 valence electrons. The van der Waals surface area contributed by atoms with Gasteiger partial charge in [0.15, 0.2) is 0 Å². The maximum Gasteiger partial charge on any atom is 0.220 e. The minimum absolute atomic E-state index is 0.00359. The largest absolute Gasteiger partial charge is 0.497 e. The first-order chi connectivity index (χ1) is 14.6. The Labute approximate surface area is 184 Å². The van der Waals surface area contributed by atoms with Crippen molar-refractivity contribution in [3.63, 3.8) is 0 Å². The number of carbonyl (C=O) groups is 1. The molecule has 0 aliphatic heterocycles. The SMILES string of the molecule is COc1cccc(CNC[C@H](O)[C@H](Cc2ccccc2)NC(=O)CCCCSC)c1. The molecule has 30 heavy (non-hydrogen) atoms. The Morgan fingerprint density at radius 1 is 1.10 bits per heavy atom. The van der Waals surface area contributed by atoms with Crippen molar-refractivity contribution >= 4 is 17.7 Å². The maximum atomic E-state index is 12.4. The average molecular weight is 431 g/mol. The fourth-order valence-electron chi connectivity index (χ4n) is 3.25. The summed E-state index contributed by atoms with van der Waals surface area (Å²) in [7, 11) is 1.65. The second kappa shape index (κ2) is 14.1. The van der Waals surface area contributed by atoms with Gasteiger partial charge in [0.2, 0.25) is 5.91 Å². The van der Waals surface area contributed by atoms with Crippen LogP contribution in [0.4, 0.5) is 0 Å². The van der Waals surface area contributed by atoms with Crippen LogP contribution in [0.2, 0.25) is 0 Å². The Morgan fingerprint density at radius 3 is 2.60 bits per heavy atom. The van der Waals surface area contributed by atoms with Gasteiger partial charge in [0.1, 0.15) is 5.75 Å². The summed E-state index contributed by atoms with van der Waals surface area (Å²) in [5.74, 6) is 1.88. The third-order valence-electron chi connectivity index (χ3n) is 4.93. The fraction of sp³-hybridized carbons (Fsp3) is 0.458. The van der Waals surface area contributed by atoms with Crippen LogP contribution in [0.5, 0.6) is 5.75 Å². The Kier molecular flexibility index (Phi) is 11.4. The van der Waals surface area contributed by atoms with Crippen LogP contribution in [0.3, 0.4) is 0 Å². The third-order valence-corrected chi connectivity index (χ3v) is 5.63. The summed E-state index contributed by atoms with van der Waals surface area (Å²) in [4.78, 5) is 12.4. The highest BCUT2D eigenvalue weighted by Crippen LogP contribution is 2.12. The molecular formula is C24H34N2O3S. The zero-order valence-electron chi connectivity index (χ0n) is 18.0. The summed E-state index contributed by atoms with van der Waals surface area (Å²) >= 11 is 1.80. The van der Waals surface area contributed by atoms with Gasteiger partial charge in [-0.1, -0.05) is 42.5 Å². The summed E-state index contributed by atoms with van der Waals surface area (Å²) in [6.07, 6.45) is 4.38. The van der Waals surface area contributed by atoms with Crippen LogP contribution in [-0.2, 0) is 17.8 Å². The lowest BCUT2D eigenvalue weighted by molar-refractivity contribution is -0.122. The maximum absolute atomic E-state index is 12.4. The average Bonchev–Trinajstić information content (AvgIpc) is 2.77. The van der Waals surface area contributed by atoms with Crippen molar-refractivity contribution in [1.29, 1.82) is 0 Å². The number of aliphatic hydroxyl groups excluding tert-OH is 1. The van der Waals surface area contributed by atoms with E-state index in [0.717, 1.165) is 35.5 Å². The molecule has 2 aromatic rings. The Bertz CT molecular complexity index is 742. The number of hydrogen-bond acceptors (Lipinski definition) is 5. The second-order valence-electron chi connectivity index (χ2n) is 7.36. The molecule has 2 atom stereocenters. The number of rotatable bonds is 14. The van der Waals surface area contributed by atoms with Crippen molar-refractivity contribution < 1.29 is 14.6 Å². The quantitative estimate of drug-likeness (QED) is 0.401. The smallest absolute Gasteiger partial charge is 0.220 e. The first kappa shape index (κ1) is 24.3. The van der Waals surface area contributed by atoms with E-state index in [4.69, 9.17) is 4.74 Å². The summed E-state index contributed by atoms with van der Waals surface area (Å²) < 4.78 is 5.25. The van der Waals surface area contributed by atoms with E-state index >= 15 is 0 Å². The molecule has 1 amide bonds. The van der Waals surface area contributed by atoms with E-state index in [-0.39, 0.29) is 11.9 Å². The van der Waals surface area contributed by atoms with Gasteiger partial charge in [-0.15, -0.1) is 0 Å². The Balaban J connectivity index is 1.89. The van der Waals surface area contributed by atoms with Crippen LogP contribution in [0.1, 0.15) is 30.4 Å². The Hall–Kier alpha value is -2.02. The molecule has 0 spiro atoms. The predicted octanol–water partition coefficient (Wildman–Crippen LogP) is 3.41. The first-order valence-electron chi connectivity index (χ1n) is 10.5. The summed E-state index contributed by atoms with van der Waals surface area (Å²) in [6, 6.07) is 17.5. The van der Waals surface area contributed by atoms with Crippen LogP contribution in [0.15, 0.2) is 54.6 Å². The molecular weight excluding hydrogens is 396 g/mol. The third kappa shape index (κ3) is 9.20. The van der Waals surface area contributed by atoms with Crippen LogP contribution >= 0.6 is 11.8 Å². The predicted molar refractivity (Wildman–Crippen MR) is 125 cm³/mol. The molecule has 0 aliphatic rings. The van der Waals surface area contributed by atoms with E-state index in [1.165, 1.54) is 0 Å². The lowest BCUT2D eigenvalue weighted by atomic mass is 10.0. The summed E-state index contributed by atoms with van der Waals surface area (Å²) in [5, 5.41) is 17.1. The topological polar surface area (TPSA) is 70.6 Å². The van der Waals surface area contributed by atoms with Crippen molar-refractivity contribution in [3.8, 4) is 5.75 Å². The van der Waals surface area contributed by atoms with Crippen LogP contribution in [-0.4, -0.2) is 48.8 Å². The van der Waals surface area contributed by atoms with Crippen molar-refractivity contribution in [3.05, 3.63) is 65.7 Å². The number of thioether (sulfide) groups is 1. The fourth-order valence-corrected chi connectivity index (χ4v) is 3.74. The van der Waals surface area contributed by atoms with Gasteiger partial charge in [-0.3, -0.25) is 4.79 Å². The van der Waals surface area contributed by atoms with Crippen molar-refractivity contribution in [2.75, 3.05) is 25.7 Å². The normalized spacial score (nSPS) is 12.9. The van der Waals surface area contributed by atoms with Gasteiger partial charge in [-0.2, -0.15) is 11.8 Å².